The van der Waals surface area contributed by atoms with Crippen LogP contribution in [-0.2, 0) is 0 Å². The van der Waals surface area contributed by atoms with Gasteiger partial charge < -0.3 is 5.32 Å². The van der Waals surface area contributed by atoms with Gasteiger partial charge in [-0.2, -0.15) is 0 Å². The Morgan fingerprint density at radius 3 is 2.32 bits per heavy atom. The van der Waals surface area contributed by atoms with Crippen LogP contribution in [0.1, 0.15) is 42.5 Å². The quantitative estimate of drug-likeness (QED) is 0.765. The Balaban J connectivity index is 2.20. The molecule has 0 spiro atoms. The van der Waals surface area contributed by atoms with Gasteiger partial charge in [0.2, 0.25) is 0 Å². The van der Waals surface area contributed by atoms with E-state index in [0.29, 0.717) is 15.6 Å². The van der Waals surface area contributed by atoms with Crippen molar-refractivity contribution < 1.29 is 4.79 Å². The Morgan fingerprint density at radius 1 is 1.21 bits per heavy atom. The number of halogens is 3. The molecule has 1 aliphatic carbocycles. The number of hydrogen-bond acceptors (Lipinski definition) is 1. The molecule has 0 radical (unpaired) electrons. The summed E-state index contributed by atoms with van der Waals surface area (Å²) in [4.78, 5) is 12.4. The second kappa shape index (κ2) is 6.47. The number of rotatable bonds is 3. The van der Waals surface area contributed by atoms with Gasteiger partial charge in [-0.3, -0.25) is 4.79 Å². The van der Waals surface area contributed by atoms with Crippen molar-refractivity contribution in [2.75, 3.05) is 5.33 Å². The molecule has 0 atom stereocenters. The summed E-state index contributed by atoms with van der Waals surface area (Å²) < 4.78 is 0. The first-order valence-corrected chi connectivity index (χ1v) is 8.28. The van der Waals surface area contributed by atoms with Gasteiger partial charge >= 0.3 is 0 Å². The van der Waals surface area contributed by atoms with Gasteiger partial charge in [-0.05, 0) is 25.0 Å². The maximum Gasteiger partial charge on any atom is 0.254 e. The van der Waals surface area contributed by atoms with Crippen molar-refractivity contribution in [3.8, 4) is 0 Å². The van der Waals surface area contributed by atoms with E-state index < -0.39 is 0 Å². The van der Waals surface area contributed by atoms with E-state index in [0.717, 1.165) is 31.0 Å². The van der Waals surface area contributed by atoms with Crippen LogP contribution in [0.5, 0.6) is 0 Å². The molecule has 19 heavy (non-hydrogen) atoms. The van der Waals surface area contributed by atoms with Gasteiger partial charge in [0.25, 0.3) is 5.91 Å². The molecule has 2 rings (SSSR count). The molecule has 1 aromatic rings. The van der Waals surface area contributed by atoms with Crippen LogP contribution < -0.4 is 5.32 Å². The molecule has 5 heteroatoms. The number of hydrogen-bond donors (Lipinski definition) is 1. The van der Waals surface area contributed by atoms with E-state index in [1.54, 1.807) is 18.2 Å². The van der Waals surface area contributed by atoms with E-state index in [4.69, 9.17) is 23.2 Å². The third-order valence-corrected chi connectivity index (χ3v) is 5.34. The zero-order valence-corrected chi connectivity index (χ0v) is 13.6. The van der Waals surface area contributed by atoms with Gasteiger partial charge in [0.15, 0.2) is 0 Å². The predicted molar refractivity (Wildman–Crippen MR) is 83.5 cm³/mol. The molecule has 0 saturated heterocycles. The summed E-state index contributed by atoms with van der Waals surface area (Å²) in [6, 6.07) is 5.11. The third kappa shape index (κ3) is 3.45. The van der Waals surface area contributed by atoms with Crippen LogP contribution in [0.2, 0.25) is 10.0 Å². The third-order valence-electron chi connectivity index (χ3n) is 3.63. The number of carbonyl (C=O) groups excluding carboxylic acids is 1. The van der Waals surface area contributed by atoms with Gasteiger partial charge in [-0.25, -0.2) is 0 Å². The Bertz CT molecular complexity index is 452. The monoisotopic (exact) mass is 363 g/mol. The van der Waals surface area contributed by atoms with Crippen molar-refractivity contribution in [1.82, 2.24) is 5.32 Å². The van der Waals surface area contributed by atoms with E-state index in [1.165, 1.54) is 6.42 Å². The van der Waals surface area contributed by atoms with Crippen LogP contribution in [0.25, 0.3) is 0 Å². The second-order valence-electron chi connectivity index (χ2n) is 5.03. The average molecular weight is 365 g/mol. The van der Waals surface area contributed by atoms with E-state index in [9.17, 15) is 4.79 Å². The number of carbonyl (C=O) groups is 1. The average Bonchev–Trinajstić information content (AvgIpc) is 2.39. The maximum atomic E-state index is 12.4. The van der Waals surface area contributed by atoms with Crippen LogP contribution in [0.3, 0.4) is 0 Å². The fourth-order valence-corrected chi connectivity index (χ4v) is 3.81. The van der Waals surface area contributed by atoms with Crippen LogP contribution >= 0.6 is 39.1 Å². The molecule has 1 amide bonds. The van der Waals surface area contributed by atoms with E-state index in [1.807, 2.05) is 0 Å². The number of alkyl halides is 1. The highest BCUT2D eigenvalue weighted by molar-refractivity contribution is 9.09. The topological polar surface area (TPSA) is 29.1 Å². The molecule has 1 N–H and O–H groups in total. The molecule has 1 aliphatic rings. The SMILES string of the molecule is O=C(NC1(CBr)CCCCC1)c1c(Cl)cccc1Cl. The van der Waals surface area contributed by atoms with Gasteiger partial charge in [0.05, 0.1) is 21.1 Å². The second-order valence-corrected chi connectivity index (χ2v) is 6.40. The zero-order chi connectivity index (χ0) is 13.9. The summed E-state index contributed by atoms with van der Waals surface area (Å²) in [5, 5.41) is 4.67. The molecule has 0 bridgehead atoms. The highest BCUT2D eigenvalue weighted by atomic mass is 79.9. The van der Waals surface area contributed by atoms with E-state index in [-0.39, 0.29) is 11.4 Å². The fraction of sp³-hybridized carbons (Fsp3) is 0.500. The first kappa shape index (κ1) is 15.1. The molecule has 0 heterocycles. The Labute approximate surface area is 132 Å². The van der Waals surface area contributed by atoms with Crippen molar-refractivity contribution >= 4 is 45.0 Å². The Morgan fingerprint density at radius 2 is 1.79 bits per heavy atom. The van der Waals surface area contributed by atoms with Gasteiger partial charge in [-0.1, -0.05) is 64.5 Å². The first-order chi connectivity index (χ1) is 9.08. The van der Waals surface area contributed by atoms with Crippen LogP contribution in [0.4, 0.5) is 0 Å². The summed E-state index contributed by atoms with van der Waals surface area (Å²) in [6.07, 6.45) is 5.50. The molecule has 104 valence electrons. The Kier molecular flexibility index (Phi) is 5.15. The minimum absolute atomic E-state index is 0.169. The highest BCUT2D eigenvalue weighted by Crippen LogP contribution is 2.31. The Hall–Kier alpha value is -0.250. The van der Waals surface area contributed by atoms with E-state index in [2.05, 4.69) is 21.2 Å². The van der Waals surface area contributed by atoms with Crippen molar-refractivity contribution in [3.05, 3.63) is 33.8 Å². The molecule has 2 nitrogen and oxygen atoms in total. The zero-order valence-electron chi connectivity index (χ0n) is 10.5. The molecule has 0 unspecified atom stereocenters. The van der Waals surface area contributed by atoms with Crippen LogP contribution in [-0.4, -0.2) is 16.8 Å². The molecule has 0 aromatic heterocycles. The van der Waals surface area contributed by atoms with Gasteiger partial charge in [-0.15, -0.1) is 0 Å². The smallest absolute Gasteiger partial charge is 0.254 e. The fourth-order valence-electron chi connectivity index (χ4n) is 2.54. The molecule has 1 aromatic carbocycles. The number of nitrogens with one attached hydrogen (secondary N) is 1. The highest BCUT2D eigenvalue weighted by Gasteiger charge is 2.33. The predicted octanol–water partition coefficient (Wildman–Crippen LogP) is 4.82. The lowest BCUT2D eigenvalue weighted by Gasteiger charge is -2.36. The summed E-state index contributed by atoms with van der Waals surface area (Å²) >= 11 is 15.7. The minimum atomic E-state index is -0.183. The van der Waals surface area contributed by atoms with E-state index >= 15 is 0 Å². The first-order valence-electron chi connectivity index (χ1n) is 6.40. The molecule has 1 saturated carbocycles. The maximum absolute atomic E-state index is 12.4. The molecular weight excluding hydrogens is 349 g/mol. The summed E-state index contributed by atoms with van der Waals surface area (Å²) in [7, 11) is 0. The number of benzene rings is 1. The van der Waals surface area contributed by atoms with Gasteiger partial charge in [0, 0.05) is 5.33 Å². The van der Waals surface area contributed by atoms with Gasteiger partial charge in [0.1, 0.15) is 0 Å². The van der Waals surface area contributed by atoms with Crippen molar-refractivity contribution in [1.29, 1.82) is 0 Å². The number of amides is 1. The summed E-state index contributed by atoms with van der Waals surface area (Å²) in [6.45, 7) is 0. The molecule has 1 fully saturated rings. The lowest BCUT2D eigenvalue weighted by molar-refractivity contribution is 0.0887. The minimum Gasteiger partial charge on any atom is -0.346 e. The van der Waals surface area contributed by atoms with Crippen LogP contribution in [0.15, 0.2) is 18.2 Å². The molecular formula is C14H16BrCl2NO. The standard InChI is InChI=1S/C14H16BrCl2NO/c15-9-14(7-2-1-3-8-14)18-13(19)12-10(16)5-4-6-11(12)17/h4-6H,1-3,7-9H2,(H,18,19). The lowest BCUT2D eigenvalue weighted by atomic mass is 9.83. The van der Waals surface area contributed by atoms with Crippen LogP contribution in [0, 0.1) is 0 Å². The largest absolute Gasteiger partial charge is 0.346 e. The summed E-state index contributed by atoms with van der Waals surface area (Å²) in [5.74, 6) is -0.183. The lowest BCUT2D eigenvalue weighted by Crippen LogP contribution is -2.51. The van der Waals surface area contributed by atoms with Crippen molar-refractivity contribution in [2.24, 2.45) is 0 Å². The normalized spacial score (nSPS) is 18.1. The summed E-state index contributed by atoms with van der Waals surface area (Å²) in [5.41, 5.74) is 0.203. The van der Waals surface area contributed by atoms with Crippen molar-refractivity contribution in [3.63, 3.8) is 0 Å². The molecule has 0 aliphatic heterocycles. The van der Waals surface area contributed by atoms with Crippen molar-refractivity contribution in [2.45, 2.75) is 37.6 Å².